The van der Waals surface area contributed by atoms with Crippen molar-refractivity contribution in [2.45, 2.75) is 45.0 Å². The molecule has 0 aromatic heterocycles. The highest BCUT2D eigenvalue weighted by atomic mass is 19.4. The Morgan fingerprint density at radius 2 is 1.90 bits per heavy atom. The maximum Gasteiger partial charge on any atom is 0.573 e. The van der Waals surface area contributed by atoms with Crippen LogP contribution >= 0.6 is 0 Å². The van der Waals surface area contributed by atoms with E-state index in [0.29, 0.717) is 0 Å². The van der Waals surface area contributed by atoms with Gasteiger partial charge in [-0.2, -0.15) is 0 Å². The van der Waals surface area contributed by atoms with Gasteiger partial charge in [-0.1, -0.05) is 31.9 Å². The summed E-state index contributed by atoms with van der Waals surface area (Å²) in [5.74, 6) is 0.595. The summed E-state index contributed by atoms with van der Waals surface area (Å²) in [4.78, 5) is 0. The normalized spacial score (nSPS) is 17.0. The molecule has 2 rings (SSSR count). The van der Waals surface area contributed by atoms with Crippen molar-refractivity contribution in [3.05, 3.63) is 29.8 Å². The van der Waals surface area contributed by atoms with Gasteiger partial charge >= 0.3 is 6.36 Å². The van der Waals surface area contributed by atoms with Crippen molar-refractivity contribution in [1.82, 2.24) is 5.32 Å². The Morgan fingerprint density at radius 1 is 1.25 bits per heavy atom. The van der Waals surface area contributed by atoms with E-state index in [2.05, 4.69) is 17.0 Å². The molecular weight excluding hydrogens is 267 g/mol. The van der Waals surface area contributed by atoms with E-state index in [1.54, 1.807) is 12.1 Å². The van der Waals surface area contributed by atoms with Crippen molar-refractivity contribution in [2.24, 2.45) is 5.92 Å². The molecule has 0 amide bonds. The number of benzene rings is 1. The fourth-order valence-corrected chi connectivity index (χ4v) is 2.24. The SMILES string of the molecule is CCCNC(CC1CC1)c1ccc(OC(F)(F)F)cc1. The monoisotopic (exact) mass is 287 g/mol. The van der Waals surface area contributed by atoms with Gasteiger partial charge in [0.2, 0.25) is 0 Å². The van der Waals surface area contributed by atoms with E-state index in [4.69, 9.17) is 0 Å². The van der Waals surface area contributed by atoms with Crippen molar-refractivity contribution >= 4 is 0 Å². The zero-order valence-electron chi connectivity index (χ0n) is 11.5. The lowest BCUT2D eigenvalue weighted by molar-refractivity contribution is -0.274. The van der Waals surface area contributed by atoms with Crippen LogP contribution in [0.15, 0.2) is 24.3 Å². The lowest BCUT2D eigenvalue weighted by Gasteiger charge is -2.19. The second kappa shape index (κ2) is 6.48. The molecule has 1 aromatic carbocycles. The summed E-state index contributed by atoms with van der Waals surface area (Å²) < 4.78 is 40.2. The van der Waals surface area contributed by atoms with Crippen LogP contribution in [0.5, 0.6) is 5.75 Å². The Morgan fingerprint density at radius 3 is 2.40 bits per heavy atom. The van der Waals surface area contributed by atoms with Gasteiger partial charge in [-0.3, -0.25) is 0 Å². The summed E-state index contributed by atoms with van der Waals surface area (Å²) in [5, 5.41) is 3.46. The fourth-order valence-electron chi connectivity index (χ4n) is 2.24. The smallest absolute Gasteiger partial charge is 0.406 e. The molecule has 1 atom stereocenters. The van der Waals surface area contributed by atoms with Gasteiger partial charge in [-0.15, -0.1) is 13.2 Å². The lowest BCUT2D eigenvalue weighted by atomic mass is 10.0. The quantitative estimate of drug-likeness (QED) is 0.801. The molecule has 1 saturated carbocycles. The molecule has 5 heteroatoms. The van der Waals surface area contributed by atoms with Crippen molar-refractivity contribution in [2.75, 3.05) is 6.54 Å². The minimum atomic E-state index is -4.63. The molecule has 112 valence electrons. The van der Waals surface area contributed by atoms with E-state index in [9.17, 15) is 13.2 Å². The highest BCUT2D eigenvalue weighted by Crippen LogP contribution is 2.38. The van der Waals surface area contributed by atoms with Crippen LogP contribution in [0.3, 0.4) is 0 Å². The van der Waals surface area contributed by atoms with Gasteiger partial charge in [-0.25, -0.2) is 0 Å². The summed E-state index contributed by atoms with van der Waals surface area (Å²) in [6, 6.07) is 6.43. The molecule has 1 aliphatic carbocycles. The molecule has 0 spiro atoms. The van der Waals surface area contributed by atoms with Gasteiger partial charge in [0.05, 0.1) is 0 Å². The molecule has 1 aliphatic rings. The Bertz CT molecular complexity index is 412. The Kier molecular flexibility index (Phi) is 4.91. The number of halogens is 3. The summed E-state index contributed by atoms with van der Waals surface area (Å²) in [7, 11) is 0. The number of nitrogens with one attached hydrogen (secondary N) is 1. The molecular formula is C15H20F3NO. The largest absolute Gasteiger partial charge is 0.573 e. The van der Waals surface area contributed by atoms with Crippen molar-refractivity contribution < 1.29 is 17.9 Å². The number of hydrogen-bond acceptors (Lipinski definition) is 2. The fraction of sp³-hybridized carbons (Fsp3) is 0.600. The minimum Gasteiger partial charge on any atom is -0.406 e. The molecule has 0 heterocycles. The number of alkyl halides is 3. The van der Waals surface area contributed by atoms with Crippen molar-refractivity contribution in [3.63, 3.8) is 0 Å². The zero-order valence-corrected chi connectivity index (χ0v) is 11.5. The molecule has 1 fully saturated rings. The maximum atomic E-state index is 12.1. The number of rotatable bonds is 7. The predicted octanol–water partition coefficient (Wildman–Crippen LogP) is 4.43. The van der Waals surface area contributed by atoms with Crippen LogP contribution in [-0.2, 0) is 0 Å². The van der Waals surface area contributed by atoms with Gasteiger partial charge in [0.15, 0.2) is 0 Å². The van der Waals surface area contributed by atoms with Gasteiger partial charge in [0.1, 0.15) is 5.75 Å². The van der Waals surface area contributed by atoms with E-state index in [0.717, 1.165) is 30.9 Å². The molecule has 1 N–H and O–H groups in total. The van der Waals surface area contributed by atoms with E-state index in [1.807, 2.05) is 0 Å². The van der Waals surface area contributed by atoms with Crippen LogP contribution in [0.4, 0.5) is 13.2 Å². The van der Waals surface area contributed by atoms with Gasteiger partial charge in [-0.05, 0) is 43.0 Å². The lowest BCUT2D eigenvalue weighted by Crippen LogP contribution is -2.22. The molecule has 1 aromatic rings. The molecule has 1 unspecified atom stereocenters. The third-order valence-corrected chi connectivity index (χ3v) is 3.42. The Labute approximate surface area is 117 Å². The van der Waals surface area contributed by atoms with Gasteiger partial charge in [0.25, 0.3) is 0 Å². The third kappa shape index (κ3) is 5.04. The first-order valence-electron chi connectivity index (χ1n) is 7.07. The van der Waals surface area contributed by atoms with Crippen LogP contribution in [0, 0.1) is 5.92 Å². The van der Waals surface area contributed by atoms with E-state index >= 15 is 0 Å². The first-order valence-corrected chi connectivity index (χ1v) is 7.07. The molecule has 20 heavy (non-hydrogen) atoms. The van der Waals surface area contributed by atoms with Crippen molar-refractivity contribution in [1.29, 1.82) is 0 Å². The Hall–Kier alpha value is -1.23. The van der Waals surface area contributed by atoms with Crippen LogP contribution in [-0.4, -0.2) is 12.9 Å². The molecule has 0 radical (unpaired) electrons. The third-order valence-electron chi connectivity index (χ3n) is 3.42. The minimum absolute atomic E-state index is 0.165. The van der Waals surface area contributed by atoms with Crippen LogP contribution in [0.1, 0.15) is 44.2 Å². The first-order chi connectivity index (χ1) is 9.48. The van der Waals surface area contributed by atoms with Crippen LogP contribution < -0.4 is 10.1 Å². The average Bonchev–Trinajstić information content (AvgIpc) is 3.17. The zero-order chi connectivity index (χ0) is 14.6. The second-order valence-electron chi connectivity index (χ2n) is 5.30. The number of ether oxygens (including phenoxy) is 1. The Balaban J connectivity index is 2.00. The topological polar surface area (TPSA) is 21.3 Å². The average molecular weight is 287 g/mol. The van der Waals surface area contributed by atoms with E-state index < -0.39 is 6.36 Å². The summed E-state index contributed by atoms with van der Waals surface area (Å²) in [5.41, 5.74) is 1.03. The van der Waals surface area contributed by atoms with Gasteiger partial charge in [0, 0.05) is 6.04 Å². The summed E-state index contributed by atoms with van der Waals surface area (Å²) >= 11 is 0. The highest BCUT2D eigenvalue weighted by molar-refractivity contribution is 5.29. The number of hydrogen-bond donors (Lipinski definition) is 1. The molecule has 2 nitrogen and oxygen atoms in total. The predicted molar refractivity (Wildman–Crippen MR) is 71.5 cm³/mol. The molecule has 0 aliphatic heterocycles. The second-order valence-corrected chi connectivity index (χ2v) is 5.30. The van der Waals surface area contributed by atoms with E-state index in [-0.39, 0.29) is 11.8 Å². The van der Waals surface area contributed by atoms with Crippen LogP contribution in [0.2, 0.25) is 0 Å². The van der Waals surface area contributed by atoms with Crippen LogP contribution in [0.25, 0.3) is 0 Å². The first kappa shape index (κ1) is 15.2. The highest BCUT2D eigenvalue weighted by Gasteiger charge is 2.31. The summed E-state index contributed by atoms with van der Waals surface area (Å²) in [6.45, 7) is 3.01. The standard InChI is InChI=1S/C15H20F3NO/c1-2-9-19-14(10-11-3-4-11)12-5-7-13(8-6-12)20-15(16,17)18/h5-8,11,14,19H,2-4,9-10H2,1H3. The molecule has 0 bridgehead atoms. The van der Waals surface area contributed by atoms with Gasteiger partial charge < -0.3 is 10.1 Å². The summed E-state index contributed by atoms with van der Waals surface area (Å²) in [6.07, 6.45) is -0.00948. The maximum absolute atomic E-state index is 12.1. The van der Waals surface area contributed by atoms with E-state index in [1.165, 1.54) is 25.0 Å². The molecule has 0 saturated heterocycles. The van der Waals surface area contributed by atoms with Crippen molar-refractivity contribution in [3.8, 4) is 5.75 Å².